The van der Waals surface area contributed by atoms with Crippen LogP contribution in [0.3, 0.4) is 0 Å². The molecule has 0 spiro atoms. The Morgan fingerprint density at radius 3 is 2.71 bits per heavy atom. The van der Waals surface area contributed by atoms with Gasteiger partial charge in [0.15, 0.2) is 5.84 Å². The van der Waals surface area contributed by atoms with E-state index in [0.29, 0.717) is 28.6 Å². The first-order valence-electron chi connectivity index (χ1n) is 6.66. The van der Waals surface area contributed by atoms with E-state index in [4.69, 9.17) is 15.7 Å². The number of carbonyl (C=O) groups is 1. The van der Waals surface area contributed by atoms with Crippen molar-refractivity contribution in [3.8, 4) is 5.75 Å². The summed E-state index contributed by atoms with van der Waals surface area (Å²) in [7, 11) is 1.54. The number of methoxy groups -OCH3 is 1. The Kier molecular flexibility index (Phi) is 4.72. The number of nitrogens with one attached hydrogen (secondary N) is 1. The summed E-state index contributed by atoms with van der Waals surface area (Å²) >= 11 is 3.35. The van der Waals surface area contributed by atoms with Gasteiger partial charge in [-0.05, 0) is 47.0 Å². The lowest BCUT2D eigenvalue weighted by Crippen LogP contribution is -2.55. The number of rotatable bonds is 4. The van der Waals surface area contributed by atoms with Crippen LogP contribution in [0.15, 0.2) is 27.8 Å². The van der Waals surface area contributed by atoms with Crippen molar-refractivity contribution < 1.29 is 14.7 Å². The number of hydrogen-bond donors (Lipinski definition) is 3. The number of benzene rings is 1. The standard InChI is InChI=1S/C14H18BrN3O3/c1-21-9-4-5-11(15)10(8-9)12(19)17-14(13(16)18-20)6-2-3-7-14/h4-5,8,20H,2-3,6-7H2,1H3,(H2,16,18)(H,17,19). The van der Waals surface area contributed by atoms with Crippen molar-refractivity contribution in [2.75, 3.05) is 7.11 Å². The van der Waals surface area contributed by atoms with Gasteiger partial charge in [-0.3, -0.25) is 4.79 Å². The Balaban J connectivity index is 2.28. The third-order valence-corrected chi connectivity index (χ3v) is 4.52. The van der Waals surface area contributed by atoms with E-state index in [2.05, 4.69) is 26.4 Å². The van der Waals surface area contributed by atoms with Gasteiger partial charge in [-0.15, -0.1) is 0 Å². The largest absolute Gasteiger partial charge is 0.497 e. The van der Waals surface area contributed by atoms with Crippen LogP contribution >= 0.6 is 15.9 Å². The van der Waals surface area contributed by atoms with Gasteiger partial charge >= 0.3 is 0 Å². The van der Waals surface area contributed by atoms with Crippen molar-refractivity contribution in [3.63, 3.8) is 0 Å². The Morgan fingerprint density at radius 2 is 2.14 bits per heavy atom. The second-order valence-electron chi connectivity index (χ2n) is 5.07. The molecule has 1 aliphatic carbocycles. The zero-order chi connectivity index (χ0) is 15.5. The first-order chi connectivity index (χ1) is 10.0. The van der Waals surface area contributed by atoms with Gasteiger partial charge in [-0.2, -0.15) is 0 Å². The Labute approximate surface area is 131 Å². The average Bonchev–Trinajstić information content (AvgIpc) is 2.96. The van der Waals surface area contributed by atoms with Crippen LogP contribution in [0.5, 0.6) is 5.75 Å². The molecule has 0 saturated heterocycles. The Morgan fingerprint density at radius 1 is 1.48 bits per heavy atom. The maximum absolute atomic E-state index is 12.5. The molecule has 1 amide bonds. The second kappa shape index (κ2) is 6.34. The molecule has 0 unspecified atom stereocenters. The molecule has 1 aromatic rings. The molecule has 1 fully saturated rings. The van der Waals surface area contributed by atoms with Gasteiger partial charge in [0.25, 0.3) is 5.91 Å². The topological polar surface area (TPSA) is 96.9 Å². The predicted octanol–water partition coefficient (Wildman–Crippen LogP) is 2.25. The molecule has 4 N–H and O–H groups in total. The highest BCUT2D eigenvalue weighted by Gasteiger charge is 2.40. The molecule has 2 rings (SSSR count). The lowest BCUT2D eigenvalue weighted by atomic mass is 9.95. The number of halogens is 1. The molecule has 0 radical (unpaired) electrons. The summed E-state index contributed by atoms with van der Waals surface area (Å²) in [6, 6.07) is 5.16. The normalized spacial score (nSPS) is 17.5. The van der Waals surface area contributed by atoms with Crippen LogP contribution < -0.4 is 15.8 Å². The van der Waals surface area contributed by atoms with Gasteiger partial charge in [0.2, 0.25) is 0 Å². The van der Waals surface area contributed by atoms with E-state index in [-0.39, 0.29) is 11.7 Å². The highest BCUT2D eigenvalue weighted by atomic mass is 79.9. The number of amidine groups is 1. The fraction of sp³-hybridized carbons (Fsp3) is 0.429. The van der Waals surface area contributed by atoms with Gasteiger partial charge in [-0.1, -0.05) is 18.0 Å². The molecule has 0 aliphatic heterocycles. The van der Waals surface area contributed by atoms with Crippen molar-refractivity contribution in [2.24, 2.45) is 10.9 Å². The molecule has 1 aromatic carbocycles. The minimum atomic E-state index is -0.769. The molecule has 1 saturated carbocycles. The fourth-order valence-corrected chi connectivity index (χ4v) is 3.04. The van der Waals surface area contributed by atoms with Gasteiger partial charge < -0.3 is 21.0 Å². The van der Waals surface area contributed by atoms with Gasteiger partial charge in [0, 0.05) is 4.47 Å². The van der Waals surface area contributed by atoms with Crippen molar-refractivity contribution >= 4 is 27.7 Å². The van der Waals surface area contributed by atoms with Crippen LogP contribution in [0.2, 0.25) is 0 Å². The summed E-state index contributed by atoms with van der Waals surface area (Å²) in [4.78, 5) is 12.5. The smallest absolute Gasteiger partial charge is 0.253 e. The molecule has 21 heavy (non-hydrogen) atoms. The fourth-order valence-electron chi connectivity index (χ4n) is 2.61. The molecular formula is C14H18BrN3O3. The van der Waals surface area contributed by atoms with E-state index in [0.717, 1.165) is 12.8 Å². The SMILES string of the molecule is COc1ccc(Br)c(C(=O)NC2(/C(N)=N/O)CCCC2)c1. The average molecular weight is 356 g/mol. The zero-order valence-corrected chi connectivity index (χ0v) is 13.3. The summed E-state index contributed by atoms with van der Waals surface area (Å²) in [5, 5.41) is 15.0. The van der Waals surface area contributed by atoms with Gasteiger partial charge in [0.05, 0.1) is 12.7 Å². The van der Waals surface area contributed by atoms with Crippen LogP contribution in [-0.4, -0.2) is 29.6 Å². The van der Waals surface area contributed by atoms with Gasteiger partial charge in [0.1, 0.15) is 11.3 Å². The van der Waals surface area contributed by atoms with Crippen LogP contribution in [0.1, 0.15) is 36.0 Å². The number of nitrogens with zero attached hydrogens (tertiary/aromatic N) is 1. The van der Waals surface area contributed by atoms with Crippen LogP contribution in [0.25, 0.3) is 0 Å². The van der Waals surface area contributed by atoms with Crippen molar-refractivity contribution in [3.05, 3.63) is 28.2 Å². The van der Waals surface area contributed by atoms with E-state index < -0.39 is 5.54 Å². The van der Waals surface area contributed by atoms with Crippen molar-refractivity contribution in [2.45, 2.75) is 31.2 Å². The summed E-state index contributed by atoms with van der Waals surface area (Å²) in [6.45, 7) is 0. The summed E-state index contributed by atoms with van der Waals surface area (Å²) < 4.78 is 5.80. The highest BCUT2D eigenvalue weighted by molar-refractivity contribution is 9.10. The minimum Gasteiger partial charge on any atom is -0.497 e. The molecule has 0 aromatic heterocycles. The molecule has 1 aliphatic rings. The lowest BCUT2D eigenvalue weighted by Gasteiger charge is -2.29. The molecular weight excluding hydrogens is 338 g/mol. The van der Waals surface area contributed by atoms with Crippen molar-refractivity contribution in [1.82, 2.24) is 5.32 Å². The molecule has 0 heterocycles. The van der Waals surface area contributed by atoms with E-state index in [1.165, 1.54) is 0 Å². The number of hydrogen-bond acceptors (Lipinski definition) is 4. The molecule has 0 bridgehead atoms. The van der Waals surface area contributed by atoms with Crippen molar-refractivity contribution in [1.29, 1.82) is 0 Å². The molecule has 6 nitrogen and oxygen atoms in total. The highest BCUT2D eigenvalue weighted by Crippen LogP contribution is 2.31. The second-order valence-corrected chi connectivity index (χ2v) is 5.93. The van der Waals surface area contributed by atoms with E-state index in [1.807, 2.05) is 0 Å². The lowest BCUT2D eigenvalue weighted by molar-refractivity contribution is 0.0921. The van der Waals surface area contributed by atoms with E-state index in [1.54, 1.807) is 25.3 Å². The van der Waals surface area contributed by atoms with Crippen LogP contribution in [0, 0.1) is 0 Å². The first kappa shape index (κ1) is 15.6. The Hall–Kier alpha value is -1.76. The maximum atomic E-state index is 12.5. The zero-order valence-electron chi connectivity index (χ0n) is 11.7. The van der Waals surface area contributed by atoms with E-state index >= 15 is 0 Å². The van der Waals surface area contributed by atoms with Crippen LogP contribution in [-0.2, 0) is 0 Å². The monoisotopic (exact) mass is 355 g/mol. The number of ether oxygens (including phenoxy) is 1. The summed E-state index contributed by atoms with van der Waals surface area (Å²) in [5.74, 6) is 0.356. The number of amides is 1. The van der Waals surface area contributed by atoms with Gasteiger partial charge in [-0.25, -0.2) is 0 Å². The van der Waals surface area contributed by atoms with E-state index in [9.17, 15) is 4.79 Å². The third-order valence-electron chi connectivity index (χ3n) is 3.83. The molecule has 0 atom stereocenters. The summed E-state index contributed by atoms with van der Waals surface area (Å²) in [5.41, 5.74) is 5.46. The quantitative estimate of drug-likeness (QED) is 0.334. The summed E-state index contributed by atoms with van der Waals surface area (Å²) in [6.07, 6.45) is 3.18. The molecule has 114 valence electrons. The third kappa shape index (κ3) is 3.12. The van der Waals surface area contributed by atoms with Crippen LogP contribution in [0.4, 0.5) is 0 Å². The number of carbonyl (C=O) groups excluding carboxylic acids is 1. The minimum absolute atomic E-state index is 0.0485. The first-order valence-corrected chi connectivity index (χ1v) is 7.46. The Bertz CT molecular complexity index is 569. The molecule has 7 heteroatoms. The predicted molar refractivity (Wildman–Crippen MR) is 82.8 cm³/mol. The number of oxime groups is 1. The number of nitrogens with two attached hydrogens (primary N) is 1. The maximum Gasteiger partial charge on any atom is 0.253 e.